The van der Waals surface area contributed by atoms with Crippen molar-refractivity contribution in [2.24, 2.45) is 0 Å². The summed E-state index contributed by atoms with van der Waals surface area (Å²) in [5.41, 5.74) is -0.139. The molecule has 4 nitrogen and oxygen atoms in total. The summed E-state index contributed by atoms with van der Waals surface area (Å²) < 4.78 is 2.49. The first kappa shape index (κ1) is 12.7. The number of anilines is 1. The van der Waals surface area contributed by atoms with Crippen LogP contribution in [-0.4, -0.2) is 10.4 Å². The maximum Gasteiger partial charge on any atom is 1.00 e. The van der Waals surface area contributed by atoms with Gasteiger partial charge in [0.1, 0.15) is 11.1 Å². The van der Waals surface area contributed by atoms with Crippen LogP contribution in [0.5, 0.6) is 0 Å². The van der Waals surface area contributed by atoms with Gasteiger partial charge in [0.15, 0.2) is 5.56 Å². The molecule has 0 aromatic carbocycles. The van der Waals surface area contributed by atoms with E-state index in [4.69, 9.17) is 5.26 Å². The van der Waals surface area contributed by atoms with Crippen molar-refractivity contribution in [3.8, 4) is 6.07 Å². The van der Waals surface area contributed by atoms with E-state index < -0.39 is 0 Å². The first-order valence-electron chi connectivity index (χ1n) is 3.53. The van der Waals surface area contributed by atoms with Crippen molar-refractivity contribution in [1.82, 2.24) is 4.37 Å². The van der Waals surface area contributed by atoms with Gasteiger partial charge in [-0.15, -0.1) is 0 Å². The fourth-order valence-electron chi connectivity index (χ4n) is 0.768. The zero-order valence-electron chi connectivity index (χ0n) is 8.84. The minimum absolute atomic E-state index is 0. The van der Waals surface area contributed by atoms with Crippen molar-refractivity contribution in [2.75, 3.05) is 5.32 Å². The number of nitrogens with zero attached hydrogens (tertiary/aromatic N) is 1. The van der Waals surface area contributed by atoms with Crippen molar-refractivity contribution in [3.05, 3.63) is 15.9 Å². The number of hydrogen-bond donors (Lipinski definition) is 2. The topological polar surface area (TPSA) is 68.7 Å². The molecule has 1 rings (SSSR count). The van der Waals surface area contributed by atoms with E-state index in [-0.39, 0.29) is 48.1 Å². The van der Waals surface area contributed by atoms with Gasteiger partial charge in [0.25, 0.3) is 5.56 Å². The molecule has 0 aliphatic heterocycles. The van der Waals surface area contributed by atoms with Crippen LogP contribution in [0, 0.1) is 11.3 Å². The van der Waals surface area contributed by atoms with Gasteiger partial charge in [0, 0.05) is 6.04 Å². The van der Waals surface area contributed by atoms with Gasteiger partial charge in [-0.25, -0.2) is 0 Å². The third kappa shape index (κ3) is 3.16. The molecule has 1 aromatic heterocycles. The molecule has 0 fully saturated rings. The molecule has 1 aromatic rings. The number of H-pyrrole nitrogens is 1. The average Bonchev–Trinajstić information content (AvgIpc) is 2.30. The van der Waals surface area contributed by atoms with Gasteiger partial charge in [-0.1, -0.05) is 0 Å². The minimum atomic E-state index is -0.314. The van der Waals surface area contributed by atoms with Crippen LogP contribution in [-0.2, 0) is 0 Å². The van der Waals surface area contributed by atoms with E-state index in [0.29, 0.717) is 5.00 Å². The molecule has 0 aliphatic carbocycles. The first-order chi connectivity index (χ1) is 5.65. The largest absolute Gasteiger partial charge is 1.00 e. The van der Waals surface area contributed by atoms with Crippen LogP contribution in [0.1, 0.15) is 20.8 Å². The summed E-state index contributed by atoms with van der Waals surface area (Å²) in [6, 6.07) is 2.08. The summed E-state index contributed by atoms with van der Waals surface area (Å²) >= 11 is 1.16. The summed E-state index contributed by atoms with van der Waals surface area (Å²) in [5.74, 6) is 0. The molecular weight excluding hydrogens is 197 g/mol. The second kappa shape index (κ2) is 5.45. The summed E-state index contributed by atoms with van der Waals surface area (Å²) in [5, 5.41) is 12.2. The van der Waals surface area contributed by atoms with E-state index in [1.807, 2.05) is 19.9 Å². The SMILES string of the molecule is CC(C)Nc1s[nH]c(=O)c1C#N.[H-].[Na+]. The Bertz CT molecular complexity index is 368. The quantitative estimate of drug-likeness (QED) is 0.565. The fraction of sp³-hybridized carbons (Fsp3) is 0.429. The zero-order valence-corrected chi connectivity index (χ0v) is 10.7. The molecule has 2 N–H and O–H groups in total. The normalized spacial score (nSPS) is 9.08. The Morgan fingerprint density at radius 2 is 2.31 bits per heavy atom. The Morgan fingerprint density at radius 3 is 2.77 bits per heavy atom. The standard InChI is InChI=1S/C7H9N3OS.Na.H/c1-4(2)9-7-5(3-8)6(11)10-12-7;;/h4,9H,1-2H3,(H,10,11);;/q;+1;-1. The van der Waals surface area contributed by atoms with Gasteiger partial charge >= 0.3 is 29.6 Å². The fourth-order valence-corrected chi connectivity index (χ4v) is 1.60. The molecule has 1 heterocycles. The van der Waals surface area contributed by atoms with Crippen molar-refractivity contribution in [1.29, 1.82) is 5.26 Å². The summed E-state index contributed by atoms with van der Waals surface area (Å²) in [6.45, 7) is 3.90. The molecule has 0 saturated carbocycles. The van der Waals surface area contributed by atoms with Crippen molar-refractivity contribution in [3.63, 3.8) is 0 Å². The molecule has 6 heteroatoms. The maximum atomic E-state index is 10.9. The molecule has 0 aliphatic rings. The second-order valence-electron chi connectivity index (χ2n) is 2.65. The molecule has 0 bridgehead atoms. The van der Waals surface area contributed by atoms with E-state index in [9.17, 15) is 4.79 Å². The Morgan fingerprint density at radius 1 is 1.69 bits per heavy atom. The number of hydrogen-bond acceptors (Lipinski definition) is 4. The third-order valence-electron chi connectivity index (χ3n) is 1.23. The molecule has 0 radical (unpaired) electrons. The van der Waals surface area contributed by atoms with Gasteiger partial charge < -0.3 is 6.74 Å². The zero-order chi connectivity index (χ0) is 9.14. The van der Waals surface area contributed by atoms with Gasteiger partial charge in [-0.3, -0.25) is 9.17 Å². The number of aromatic amines is 1. The number of aromatic nitrogens is 1. The molecule has 66 valence electrons. The molecule has 0 atom stereocenters. The maximum absolute atomic E-state index is 10.9. The van der Waals surface area contributed by atoms with Crippen LogP contribution in [0.4, 0.5) is 5.00 Å². The molecule has 0 spiro atoms. The molecule has 0 saturated heterocycles. The van der Waals surface area contributed by atoms with Gasteiger partial charge in [0.05, 0.1) is 0 Å². The smallest absolute Gasteiger partial charge is 1.00 e. The monoisotopic (exact) mass is 207 g/mol. The Labute approximate surface area is 104 Å². The van der Waals surface area contributed by atoms with Crippen LogP contribution < -0.4 is 40.4 Å². The predicted octanol–water partition coefficient (Wildman–Crippen LogP) is -1.76. The van der Waals surface area contributed by atoms with Crippen LogP contribution in [0.15, 0.2) is 4.79 Å². The number of nitrogens with one attached hydrogen (secondary N) is 2. The van der Waals surface area contributed by atoms with Crippen molar-refractivity contribution >= 4 is 16.5 Å². The second-order valence-corrected chi connectivity index (χ2v) is 3.46. The molecule has 0 amide bonds. The third-order valence-corrected chi connectivity index (χ3v) is 2.05. The Hall–Kier alpha value is -0.280. The predicted molar refractivity (Wildman–Crippen MR) is 49.5 cm³/mol. The number of nitriles is 1. The van der Waals surface area contributed by atoms with E-state index in [0.717, 1.165) is 11.5 Å². The number of rotatable bonds is 2. The molecule has 13 heavy (non-hydrogen) atoms. The van der Waals surface area contributed by atoms with Gasteiger partial charge in [-0.2, -0.15) is 5.26 Å². The van der Waals surface area contributed by atoms with E-state index in [2.05, 4.69) is 9.69 Å². The van der Waals surface area contributed by atoms with E-state index >= 15 is 0 Å². The summed E-state index contributed by atoms with van der Waals surface area (Å²) in [6.07, 6.45) is 0. The van der Waals surface area contributed by atoms with Crippen molar-refractivity contribution in [2.45, 2.75) is 19.9 Å². The van der Waals surface area contributed by atoms with E-state index in [1.54, 1.807) is 0 Å². The summed E-state index contributed by atoms with van der Waals surface area (Å²) in [4.78, 5) is 10.9. The van der Waals surface area contributed by atoms with Crippen LogP contribution in [0.2, 0.25) is 0 Å². The Balaban J connectivity index is 0. The van der Waals surface area contributed by atoms with Crippen LogP contribution in [0.3, 0.4) is 0 Å². The van der Waals surface area contributed by atoms with Crippen LogP contribution >= 0.6 is 11.5 Å². The van der Waals surface area contributed by atoms with Gasteiger partial charge in [0.2, 0.25) is 0 Å². The van der Waals surface area contributed by atoms with Gasteiger partial charge in [-0.05, 0) is 25.4 Å². The summed E-state index contributed by atoms with van der Waals surface area (Å²) in [7, 11) is 0. The van der Waals surface area contributed by atoms with E-state index in [1.165, 1.54) is 0 Å². The minimum Gasteiger partial charge on any atom is -1.00 e. The van der Waals surface area contributed by atoms with Crippen LogP contribution in [0.25, 0.3) is 0 Å². The molecular formula is C7H10N3NaOS. The molecule has 0 unspecified atom stereocenters. The first-order valence-corrected chi connectivity index (χ1v) is 4.35. The Kier molecular flexibility index (Phi) is 5.33. The van der Waals surface area contributed by atoms with Crippen molar-refractivity contribution < 1.29 is 31.0 Å². The average molecular weight is 207 g/mol.